The van der Waals surface area contributed by atoms with Crippen molar-refractivity contribution in [1.82, 2.24) is 10.2 Å². The summed E-state index contributed by atoms with van der Waals surface area (Å²) < 4.78 is 5.32. The van der Waals surface area contributed by atoms with Crippen LogP contribution in [0.2, 0.25) is 0 Å². The van der Waals surface area contributed by atoms with Crippen LogP contribution in [0.1, 0.15) is 28.8 Å². The molecule has 0 radical (unpaired) electrons. The van der Waals surface area contributed by atoms with Gasteiger partial charge in [0.15, 0.2) is 0 Å². The summed E-state index contributed by atoms with van der Waals surface area (Å²) in [6.45, 7) is 2.40. The lowest BCUT2D eigenvalue weighted by molar-refractivity contribution is 0.0351. The van der Waals surface area contributed by atoms with E-state index in [4.69, 9.17) is 4.74 Å². The van der Waals surface area contributed by atoms with Crippen molar-refractivity contribution in [3.63, 3.8) is 0 Å². The number of carbonyl (C=O) groups is 1. The van der Waals surface area contributed by atoms with E-state index in [0.29, 0.717) is 6.10 Å². The normalized spacial score (nSPS) is 16.6. The van der Waals surface area contributed by atoms with Crippen LogP contribution in [-0.2, 0) is 11.3 Å². The number of likely N-dealkylation sites (tertiary alicyclic amines) is 1. The Morgan fingerprint density at radius 3 is 2.47 bits per heavy atom. The predicted molar refractivity (Wildman–Crippen MR) is 75.1 cm³/mol. The van der Waals surface area contributed by atoms with Crippen molar-refractivity contribution < 1.29 is 9.53 Å². The molecule has 1 aliphatic heterocycles. The number of ether oxygens (including phenoxy) is 1. The maximum absolute atomic E-state index is 12.3. The lowest BCUT2D eigenvalue weighted by atomic mass is 10.1. The van der Waals surface area contributed by atoms with Gasteiger partial charge in [0.25, 0.3) is 5.91 Å². The Balaban J connectivity index is 1.96. The molecule has 1 aromatic rings. The Bertz CT molecular complexity index is 409. The summed E-state index contributed by atoms with van der Waals surface area (Å²) in [4.78, 5) is 14.3. The van der Waals surface area contributed by atoms with Crippen LogP contribution in [0.3, 0.4) is 0 Å². The molecule has 2 rings (SSSR count). The zero-order chi connectivity index (χ0) is 13.7. The number of amides is 1. The number of hydrogen-bond acceptors (Lipinski definition) is 3. The maximum Gasteiger partial charge on any atom is 0.253 e. The van der Waals surface area contributed by atoms with E-state index in [2.05, 4.69) is 5.32 Å². The third-order valence-corrected chi connectivity index (χ3v) is 3.64. The minimum Gasteiger partial charge on any atom is -0.381 e. The maximum atomic E-state index is 12.3. The van der Waals surface area contributed by atoms with Gasteiger partial charge < -0.3 is 15.0 Å². The van der Waals surface area contributed by atoms with Gasteiger partial charge in [0.2, 0.25) is 0 Å². The van der Waals surface area contributed by atoms with E-state index in [1.165, 1.54) is 5.56 Å². The molecular weight excluding hydrogens is 240 g/mol. The highest BCUT2D eigenvalue weighted by Crippen LogP contribution is 2.16. The minimum absolute atomic E-state index is 0.130. The number of nitrogens with zero attached hydrogens (tertiary/aromatic N) is 1. The molecule has 0 unspecified atom stereocenters. The van der Waals surface area contributed by atoms with Crippen LogP contribution < -0.4 is 5.32 Å². The van der Waals surface area contributed by atoms with Gasteiger partial charge in [0, 0.05) is 32.3 Å². The van der Waals surface area contributed by atoms with Gasteiger partial charge in [0.1, 0.15) is 0 Å². The fourth-order valence-corrected chi connectivity index (χ4v) is 2.45. The van der Waals surface area contributed by atoms with Crippen LogP contribution in [0.25, 0.3) is 0 Å². The van der Waals surface area contributed by atoms with Gasteiger partial charge in [-0.25, -0.2) is 0 Å². The van der Waals surface area contributed by atoms with E-state index in [9.17, 15) is 4.79 Å². The van der Waals surface area contributed by atoms with Gasteiger partial charge in [0.05, 0.1) is 6.10 Å². The van der Waals surface area contributed by atoms with E-state index in [-0.39, 0.29) is 5.91 Å². The number of hydrogen-bond donors (Lipinski definition) is 1. The molecule has 0 aromatic heterocycles. The minimum atomic E-state index is 0.130. The van der Waals surface area contributed by atoms with Gasteiger partial charge in [-0.1, -0.05) is 12.1 Å². The van der Waals surface area contributed by atoms with E-state index in [1.54, 1.807) is 7.11 Å². The average molecular weight is 262 g/mol. The highest BCUT2D eigenvalue weighted by molar-refractivity contribution is 5.94. The predicted octanol–water partition coefficient (Wildman–Crippen LogP) is 1.66. The first-order chi connectivity index (χ1) is 9.24. The molecule has 1 N–H and O–H groups in total. The smallest absolute Gasteiger partial charge is 0.253 e. The Morgan fingerprint density at radius 2 is 1.95 bits per heavy atom. The molecule has 19 heavy (non-hydrogen) atoms. The van der Waals surface area contributed by atoms with Gasteiger partial charge >= 0.3 is 0 Å². The first-order valence-corrected chi connectivity index (χ1v) is 6.80. The number of piperidine rings is 1. The highest BCUT2D eigenvalue weighted by atomic mass is 16.5. The summed E-state index contributed by atoms with van der Waals surface area (Å²) in [6, 6.07) is 7.84. The Kier molecular flexibility index (Phi) is 4.93. The van der Waals surface area contributed by atoms with E-state index < -0.39 is 0 Å². The van der Waals surface area contributed by atoms with E-state index in [1.807, 2.05) is 36.2 Å². The Hall–Kier alpha value is -1.39. The molecule has 4 heteroatoms. The summed E-state index contributed by atoms with van der Waals surface area (Å²) >= 11 is 0. The molecule has 1 heterocycles. The van der Waals surface area contributed by atoms with Crippen LogP contribution in [0.4, 0.5) is 0 Å². The second kappa shape index (κ2) is 6.68. The fraction of sp³-hybridized carbons (Fsp3) is 0.533. The molecule has 0 aliphatic carbocycles. The lowest BCUT2D eigenvalue weighted by Gasteiger charge is -2.31. The molecule has 0 bridgehead atoms. The number of rotatable bonds is 4. The molecule has 1 fully saturated rings. The number of nitrogens with one attached hydrogen (secondary N) is 1. The molecule has 0 saturated carbocycles. The third-order valence-electron chi connectivity index (χ3n) is 3.64. The molecule has 104 valence electrons. The quantitative estimate of drug-likeness (QED) is 0.897. The van der Waals surface area contributed by atoms with Crippen molar-refractivity contribution in [3.05, 3.63) is 35.4 Å². The van der Waals surface area contributed by atoms with Crippen LogP contribution in [0.5, 0.6) is 0 Å². The van der Waals surface area contributed by atoms with E-state index >= 15 is 0 Å². The second-order valence-electron chi connectivity index (χ2n) is 4.95. The lowest BCUT2D eigenvalue weighted by Crippen LogP contribution is -2.40. The number of carbonyl (C=O) groups excluding carboxylic acids is 1. The van der Waals surface area contributed by atoms with Crippen LogP contribution >= 0.6 is 0 Å². The summed E-state index contributed by atoms with van der Waals surface area (Å²) in [5, 5.41) is 3.10. The first-order valence-electron chi connectivity index (χ1n) is 6.80. The van der Waals surface area contributed by atoms with Crippen LogP contribution in [-0.4, -0.2) is 44.2 Å². The standard InChI is InChI=1S/C15H22N2O2/c1-16-11-12-3-5-13(6-4-12)15(18)17-9-7-14(19-2)8-10-17/h3-6,14,16H,7-11H2,1-2H3. The second-order valence-corrected chi connectivity index (χ2v) is 4.95. The van der Waals surface area contributed by atoms with Gasteiger partial charge in [-0.3, -0.25) is 4.79 Å². The molecule has 4 nitrogen and oxygen atoms in total. The number of benzene rings is 1. The van der Waals surface area contributed by atoms with Gasteiger partial charge in [-0.15, -0.1) is 0 Å². The Labute approximate surface area is 114 Å². The monoisotopic (exact) mass is 262 g/mol. The van der Waals surface area contributed by atoms with Crippen molar-refractivity contribution in [2.75, 3.05) is 27.2 Å². The zero-order valence-corrected chi connectivity index (χ0v) is 11.7. The fourth-order valence-electron chi connectivity index (χ4n) is 2.45. The Morgan fingerprint density at radius 1 is 1.32 bits per heavy atom. The summed E-state index contributed by atoms with van der Waals surface area (Å²) in [5.74, 6) is 0.130. The average Bonchev–Trinajstić information content (AvgIpc) is 2.48. The molecular formula is C15H22N2O2. The molecule has 1 amide bonds. The van der Waals surface area contributed by atoms with Crippen molar-refractivity contribution in [2.45, 2.75) is 25.5 Å². The first kappa shape index (κ1) is 14.0. The molecule has 0 spiro atoms. The molecule has 1 aromatic carbocycles. The SMILES string of the molecule is CNCc1ccc(C(=O)N2CCC(OC)CC2)cc1. The van der Waals surface area contributed by atoms with Crippen molar-refractivity contribution >= 4 is 5.91 Å². The largest absolute Gasteiger partial charge is 0.381 e. The molecule has 1 saturated heterocycles. The van der Waals surface area contributed by atoms with Crippen molar-refractivity contribution in [3.8, 4) is 0 Å². The summed E-state index contributed by atoms with van der Waals surface area (Å²) in [6.07, 6.45) is 2.17. The van der Waals surface area contributed by atoms with E-state index in [0.717, 1.165) is 38.0 Å². The summed E-state index contributed by atoms with van der Waals surface area (Å²) in [7, 11) is 3.65. The zero-order valence-electron chi connectivity index (χ0n) is 11.7. The molecule has 0 atom stereocenters. The molecule has 1 aliphatic rings. The van der Waals surface area contributed by atoms with Gasteiger partial charge in [-0.05, 0) is 37.6 Å². The number of methoxy groups -OCH3 is 1. The van der Waals surface area contributed by atoms with Crippen molar-refractivity contribution in [1.29, 1.82) is 0 Å². The van der Waals surface area contributed by atoms with Crippen LogP contribution in [0.15, 0.2) is 24.3 Å². The van der Waals surface area contributed by atoms with Gasteiger partial charge in [-0.2, -0.15) is 0 Å². The highest BCUT2D eigenvalue weighted by Gasteiger charge is 2.23. The summed E-state index contributed by atoms with van der Waals surface area (Å²) in [5.41, 5.74) is 1.97. The topological polar surface area (TPSA) is 41.6 Å². The third kappa shape index (κ3) is 3.55. The van der Waals surface area contributed by atoms with Crippen LogP contribution in [0, 0.1) is 0 Å². The van der Waals surface area contributed by atoms with Crippen molar-refractivity contribution in [2.24, 2.45) is 0 Å².